The summed E-state index contributed by atoms with van der Waals surface area (Å²) in [5.41, 5.74) is 1.55. The maximum Gasteiger partial charge on any atom is 0.244 e. The van der Waals surface area contributed by atoms with Crippen molar-refractivity contribution in [1.29, 1.82) is 0 Å². The van der Waals surface area contributed by atoms with Crippen molar-refractivity contribution in [3.05, 3.63) is 36.2 Å². The van der Waals surface area contributed by atoms with Crippen LogP contribution in [0.5, 0.6) is 0 Å². The number of likely N-dealkylation sites (N-methyl/N-ethyl adjacent to an activating group) is 1. The highest BCUT2D eigenvalue weighted by Gasteiger charge is 2.39. The summed E-state index contributed by atoms with van der Waals surface area (Å²) in [6.07, 6.45) is 6.22. The molecular weight excluding hydrogens is 518 g/mol. The van der Waals surface area contributed by atoms with E-state index in [2.05, 4.69) is 39.2 Å². The Hall–Kier alpha value is -3.12. The summed E-state index contributed by atoms with van der Waals surface area (Å²) in [5.74, 6) is 0.782. The number of imidazole rings is 1. The Balaban J connectivity index is 1.58. The van der Waals surface area contributed by atoms with Gasteiger partial charge < -0.3 is 25.4 Å². The van der Waals surface area contributed by atoms with Crippen LogP contribution in [0.4, 0.5) is 11.6 Å². The Labute approximate surface area is 231 Å². The summed E-state index contributed by atoms with van der Waals surface area (Å²) in [4.78, 5) is 37.3. The number of sulfonamides is 1. The molecule has 1 aromatic carbocycles. The van der Waals surface area contributed by atoms with E-state index >= 15 is 0 Å². The molecule has 0 aliphatic carbocycles. The van der Waals surface area contributed by atoms with Crippen molar-refractivity contribution in [3.8, 4) is 0 Å². The van der Waals surface area contributed by atoms with Gasteiger partial charge in [-0.1, -0.05) is 26.0 Å². The maximum atomic E-state index is 14.0. The van der Waals surface area contributed by atoms with Crippen molar-refractivity contribution in [3.63, 3.8) is 0 Å². The van der Waals surface area contributed by atoms with Crippen LogP contribution >= 0.6 is 0 Å². The van der Waals surface area contributed by atoms with Crippen LogP contribution < -0.4 is 15.4 Å². The normalized spacial score (nSPS) is 21.9. The standard InChI is InChI=1S/C27H41N7O4S/c1-18-10-14-34(22(16-18)26(36)33(3)4)25(35)21(8-6-11-28-27-29-12-13-30-27)32-39(37,38)23-9-5-7-20-15-19(2)17-31-24(20)23/h5,7,9,12-13,18-19,21-22,31-32H,6,8,10-11,14-17H2,1-4H3,(H2,28,29,30)/t18?,19?,21-,22?/m0/s1. The second-order valence-electron chi connectivity index (χ2n) is 11.1. The van der Waals surface area contributed by atoms with Crippen molar-refractivity contribution in [2.45, 2.75) is 62.9 Å². The number of hydrogen-bond donors (Lipinski definition) is 4. The van der Waals surface area contributed by atoms with Gasteiger partial charge in [-0.25, -0.2) is 13.4 Å². The molecule has 2 aromatic rings. The third-order valence-electron chi connectivity index (χ3n) is 7.53. The quantitative estimate of drug-likeness (QED) is 0.328. The number of para-hydroxylation sites is 1. The summed E-state index contributed by atoms with van der Waals surface area (Å²) >= 11 is 0. The van der Waals surface area contributed by atoms with Gasteiger partial charge in [-0.05, 0) is 55.6 Å². The molecule has 1 fully saturated rings. The Bertz CT molecular complexity index is 1250. The Morgan fingerprint density at radius 2 is 2.03 bits per heavy atom. The second-order valence-corrected chi connectivity index (χ2v) is 12.8. The first-order valence-corrected chi connectivity index (χ1v) is 15.2. The molecule has 2 amide bonds. The van der Waals surface area contributed by atoms with Crippen LogP contribution in [0.3, 0.4) is 0 Å². The van der Waals surface area contributed by atoms with E-state index in [-0.39, 0.29) is 23.1 Å². The topological polar surface area (TPSA) is 140 Å². The van der Waals surface area contributed by atoms with E-state index in [4.69, 9.17) is 0 Å². The monoisotopic (exact) mass is 559 g/mol. The maximum absolute atomic E-state index is 14.0. The number of nitrogens with zero attached hydrogens (tertiary/aromatic N) is 3. The summed E-state index contributed by atoms with van der Waals surface area (Å²) < 4.78 is 30.2. The van der Waals surface area contributed by atoms with Crippen molar-refractivity contribution in [1.82, 2.24) is 24.5 Å². The minimum Gasteiger partial charge on any atom is -0.383 e. The van der Waals surface area contributed by atoms with Crippen molar-refractivity contribution >= 4 is 33.5 Å². The molecule has 4 rings (SSSR count). The number of hydrogen-bond acceptors (Lipinski definition) is 7. The van der Waals surface area contributed by atoms with Crippen LogP contribution in [0.15, 0.2) is 35.5 Å². The molecule has 0 bridgehead atoms. The van der Waals surface area contributed by atoms with Gasteiger partial charge in [-0.3, -0.25) is 9.59 Å². The Kier molecular flexibility index (Phi) is 9.16. The zero-order valence-electron chi connectivity index (χ0n) is 23.2. The summed E-state index contributed by atoms with van der Waals surface area (Å²) in [6.45, 7) is 5.78. The fourth-order valence-corrected chi connectivity index (χ4v) is 6.84. The largest absolute Gasteiger partial charge is 0.383 e. The number of benzene rings is 1. The fraction of sp³-hybridized carbons (Fsp3) is 0.593. The van der Waals surface area contributed by atoms with Crippen LogP contribution in [0.2, 0.25) is 0 Å². The van der Waals surface area contributed by atoms with E-state index in [0.717, 1.165) is 18.4 Å². The molecule has 2 aliphatic rings. The van der Waals surface area contributed by atoms with Gasteiger partial charge in [0.05, 0.1) is 5.69 Å². The number of anilines is 2. The number of fused-ring (bicyclic) bond motifs is 1. The molecule has 214 valence electrons. The van der Waals surface area contributed by atoms with E-state index in [0.29, 0.717) is 55.9 Å². The van der Waals surface area contributed by atoms with Crippen LogP contribution in [-0.4, -0.2) is 85.8 Å². The van der Waals surface area contributed by atoms with Crippen LogP contribution in [0.25, 0.3) is 0 Å². The first kappa shape index (κ1) is 28.9. The molecule has 0 radical (unpaired) electrons. The van der Waals surface area contributed by atoms with Crippen LogP contribution in [-0.2, 0) is 26.0 Å². The van der Waals surface area contributed by atoms with Gasteiger partial charge in [0.15, 0.2) is 5.95 Å². The molecule has 12 heteroatoms. The van der Waals surface area contributed by atoms with Gasteiger partial charge in [0.25, 0.3) is 0 Å². The molecule has 4 N–H and O–H groups in total. The third kappa shape index (κ3) is 6.91. The van der Waals surface area contributed by atoms with E-state index in [1.807, 2.05) is 6.07 Å². The van der Waals surface area contributed by atoms with E-state index < -0.39 is 22.1 Å². The smallest absolute Gasteiger partial charge is 0.244 e. The highest BCUT2D eigenvalue weighted by atomic mass is 32.2. The second kappa shape index (κ2) is 12.4. The number of aromatic amines is 1. The number of nitrogens with one attached hydrogen (secondary N) is 4. The van der Waals surface area contributed by atoms with E-state index in [1.54, 1.807) is 43.5 Å². The summed E-state index contributed by atoms with van der Waals surface area (Å²) in [5, 5.41) is 6.42. The lowest BCUT2D eigenvalue weighted by Gasteiger charge is -2.40. The molecule has 11 nitrogen and oxygen atoms in total. The van der Waals surface area contributed by atoms with Crippen LogP contribution in [0.1, 0.15) is 45.1 Å². The Morgan fingerprint density at radius 1 is 1.23 bits per heavy atom. The van der Waals surface area contributed by atoms with Crippen LogP contribution in [0, 0.1) is 11.8 Å². The molecule has 1 aromatic heterocycles. The van der Waals surface area contributed by atoms with Crippen molar-refractivity contribution in [2.24, 2.45) is 11.8 Å². The van der Waals surface area contributed by atoms with E-state index in [1.165, 1.54) is 4.90 Å². The first-order valence-electron chi connectivity index (χ1n) is 13.7. The highest BCUT2D eigenvalue weighted by Crippen LogP contribution is 2.32. The minimum atomic E-state index is -4.04. The molecule has 39 heavy (non-hydrogen) atoms. The number of carbonyl (C=O) groups excluding carboxylic acids is 2. The lowest BCUT2D eigenvalue weighted by atomic mass is 9.91. The Morgan fingerprint density at radius 3 is 2.74 bits per heavy atom. The predicted molar refractivity (Wildman–Crippen MR) is 151 cm³/mol. The fourth-order valence-electron chi connectivity index (χ4n) is 5.39. The minimum absolute atomic E-state index is 0.145. The number of H-pyrrole nitrogens is 1. The van der Waals surface area contributed by atoms with Gasteiger partial charge in [0, 0.05) is 46.1 Å². The number of piperidine rings is 1. The molecular formula is C27H41N7O4S. The third-order valence-corrected chi connectivity index (χ3v) is 9.04. The molecule has 3 heterocycles. The van der Waals surface area contributed by atoms with E-state index in [9.17, 15) is 18.0 Å². The average Bonchev–Trinajstić information content (AvgIpc) is 3.42. The van der Waals surface area contributed by atoms with Gasteiger partial charge in [0.1, 0.15) is 17.0 Å². The zero-order chi connectivity index (χ0) is 28.2. The zero-order valence-corrected chi connectivity index (χ0v) is 24.1. The summed E-state index contributed by atoms with van der Waals surface area (Å²) in [6, 6.07) is 3.63. The number of likely N-dealkylation sites (tertiary alicyclic amines) is 1. The summed E-state index contributed by atoms with van der Waals surface area (Å²) in [7, 11) is -0.686. The van der Waals surface area contributed by atoms with Crippen molar-refractivity contribution in [2.75, 3.05) is 44.4 Å². The number of carbonyl (C=O) groups is 2. The molecule has 0 spiro atoms. The molecule has 4 atom stereocenters. The SMILES string of the molecule is CC1CNc2c(cccc2S(=O)(=O)N[C@@H](CCCNc2ncc[nH]2)C(=O)N2CCC(C)CC2C(=O)N(C)C)C1. The lowest BCUT2D eigenvalue weighted by molar-refractivity contribution is -0.148. The van der Waals surface area contributed by atoms with Gasteiger partial charge in [0.2, 0.25) is 21.8 Å². The number of amides is 2. The van der Waals surface area contributed by atoms with Gasteiger partial charge in [-0.15, -0.1) is 0 Å². The lowest BCUT2D eigenvalue weighted by Crippen LogP contribution is -2.58. The molecule has 1 saturated heterocycles. The number of aromatic nitrogens is 2. The average molecular weight is 560 g/mol. The molecule has 2 aliphatic heterocycles. The molecule has 0 saturated carbocycles. The number of rotatable bonds is 10. The van der Waals surface area contributed by atoms with Gasteiger partial charge >= 0.3 is 0 Å². The first-order chi connectivity index (χ1) is 18.6. The molecule has 3 unspecified atom stereocenters. The van der Waals surface area contributed by atoms with Crippen molar-refractivity contribution < 1.29 is 18.0 Å². The predicted octanol–water partition coefficient (Wildman–Crippen LogP) is 2.27. The van der Waals surface area contributed by atoms with Gasteiger partial charge in [-0.2, -0.15) is 4.72 Å². The highest BCUT2D eigenvalue weighted by molar-refractivity contribution is 7.89.